The molecule has 112 valence electrons. The zero-order valence-electron chi connectivity index (χ0n) is 11.8. The lowest BCUT2D eigenvalue weighted by Crippen LogP contribution is -2.38. The number of halogens is 1. The first-order chi connectivity index (χ1) is 9.29. The van der Waals surface area contributed by atoms with Crippen LogP contribution in [0.3, 0.4) is 0 Å². The van der Waals surface area contributed by atoms with Crippen LogP contribution < -0.4 is 10.5 Å². The van der Waals surface area contributed by atoms with E-state index < -0.39 is 15.8 Å². The first kappa shape index (κ1) is 15.3. The summed E-state index contributed by atoms with van der Waals surface area (Å²) in [6.45, 7) is 3.64. The third-order valence-corrected chi connectivity index (χ3v) is 5.43. The van der Waals surface area contributed by atoms with Gasteiger partial charge in [-0.15, -0.1) is 0 Å². The van der Waals surface area contributed by atoms with Gasteiger partial charge in [0.1, 0.15) is 5.82 Å². The molecule has 20 heavy (non-hydrogen) atoms. The van der Waals surface area contributed by atoms with Gasteiger partial charge in [-0.25, -0.2) is 17.5 Å². The zero-order valence-corrected chi connectivity index (χ0v) is 12.6. The van der Waals surface area contributed by atoms with Gasteiger partial charge in [-0.05, 0) is 37.8 Å². The van der Waals surface area contributed by atoms with Gasteiger partial charge in [-0.3, -0.25) is 0 Å². The lowest BCUT2D eigenvalue weighted by molar-refractivity contribution is 0.327. The minimum atomic E-state index is -3.72. The van der Waals surface area contributed by atoms with Crippen molar-refractivity contribution in [3.63, 3.8) is 0 Å². The molecule has 6 heteroatoms. The Hall–Kier alpha value is -1.14. The highest BCUT2D eigenvalue weighted by molar-refractivity contribution is 7.89. The zero-order chi connectivity index (χ0) is 14.9. The summed E-state index contributed by atoms with van der Waals surface area (Å²) in [5.74, 6) is -0.0846. The Balaban J connectivity index is 2.22. The van der Waals surface area contributed by atoms with Crippen molar-refractivity contribution in [2.75, 3.05) is 5.73 Å². The highest BCUT2D eigenvalue weighted by Gasteiger charge is 2.25. The summed E-state index contributed by atoms with van der Waals surface area (Å²) < 4.78 is 40.9. The van der Waals surface area contributed by atoms with Crippen LogP contribution in [0.5, 0.6) is 0 Å². The van der Waals surface area contributed by atoms with E-state index in [1.54, 1.807) is 0 Å². The average Bonchev–Trinajstić information content (AvgIpc) is 2.34. The van der Waals surface area contributed by atoms with Crippen LogP contribution in [-0.4, -0.2) is 14.5 Å². The molecule has 0 aliphatic heterocycles. The molecule has 1 aromatic carbocycles. The van der Waals surface area contributed by atoms with E-state index in [9.17, 15) is 12.8 Å². The molecule has 1 fully saturated rings. The third-order valence-electron chi connectivity index (χ3n) is 3.93. The molecule has 0 heterocycles. The van der Waals surface area contributed by atoms with Crippen LogP contribution in [0.1, 0.15) is 38.2 Å². The standard InChI is InChI=1S/C14H21FN2O2S/c1-9-4-3-5-11(6-9)17-20(18,19)12-7-13(15)10(2)14(16)8-12/h7-9,11,17H,3-6,16H2,1-2H3. The van der Waals surface area contributed by atoms with E-state index in [2.05, 4.69) is 11.6 Å². The van der Waals surface area contributed by atoms with Crippen molar-refractivity contribution >= 4 is 15.7 Å². The first-order valence-electron chi connectivity index (χ1n) is 6.87. The summed E-state index contributed by atoms with van der Waals surface area (Å²) in [7, 11) is -3.72. The Morgan fingerprint density at radius 1 is 1.35 bits per heavy atom. The van der Waals surface area contributed by atoms with Crippen LogP contribution in [0.4, 0.5) is 10.1 Å². The van der Waals surface area contributed by atoms with Crippen LogP contribution in [-0.2, 0) is 10.0 Å². The predicted octanol–water partition coefficient (Wildman–Crippen LogP) is 2.57. The van der Waals surface area contributed by atoms with Crippen molar-refractivity contribution < 1.29 is 12.8 Å². The quantitative estimate of drug-likeness (QED) is 0.843. The number of rotatable bonds is 3. The van der Waals surface area contributed by atoms with Crippen molar-refractivity contribution in [3.05, 3.63) is 23.5 Å². The minimum Gasteiger partial charge on any atom is -0.398 e. The highest BCUT2D eigenvalue weighted by atomic mass is 32.2. The highest BCUT2D eigenvalue weighted by Crippen LogP contribution is 2.26. The number of anilines is 1. The molecule has 2 unspecified atom stereocenters. The lowest BCUT2D eigenvalue weighted by atomic mass is 9.88. The summed E-state index contributed by atoms with van der Waals surface area (Å²) in [5, 5.41) is 0. The van der Waals surface area contributed by atoms with Crippen LogP contribution in [0.2, 0.25) is 0 Å². The molecule has 1 aliphatic carbocycles. The molecule has 0 bridgehead atoms. The Morgan fingerprint density at radius 3 is 2.65 bits per heavy atom. The van der Waals surface area contributed by atoms with Gasteiger partial charge in [0, 0.05) is 17.3 Å². The van der Waals surface area contributed by atoms with Gasteiger partial charge in [0.15, 0.2) is 0 Å². The van der Waals surface area contributed by atoms with E-state index in [1.165, 1.54) is 13.0 Å². The Kier molecular flexibility index (Phi) is 4.34. The fourth-order valence-electron chi connectivity index (χ4n) is 2.66. The van der Waals surface area contributed by atoms with Crippen molar-refractivity contribution in [1.82, 2.24) is 4.72 Å². The second-order valence-electron chi connectivity index (χ2n) is 5.71. The molecule has 3 N–H and O–H groups in total. The number of nitrogens with two attached hydrogens (primary N) is 1. The second-order valence-corrected chi connectivity index (χ2v) is 7.42. The number of hydrogen-bond acceptors (Lipinski definition) is 3. The van der Waals surface area contributed by atoms with Gasteiger partial charge in [-0.1, -0.05) is 19.8 Å². The normalized spacial score (nSPS) is 23.8. The summed E-state index contributed by atoms with van der Waals surface area (Å²) >= 11 is 0. The molecule has 0 aromatic heterocycles. The van der Waals surface area contributed by atoms with Crippen LogP contribution >= 0.6 is 0 Å². The first-order valence-corrected chi connectivity index (χ1v) is 8.36. The molecular formula is C14H21FN2O2S. The molecule has 2 atom stereocenters. The molecule has 0 amide bonds. The van der Waals surface area contributed by atoms with Crippen molar-refractivity contribution in [2.24, 2.45) is 5.92 Å². The van der Waals surface area contributed by atoms with Crippen LogP contribution in [0, 0.1) is 18.7 Å². The predicted molar refractivity (Wildman–Crippen MR) is 77.3 cm³/mol. The van der Waals surface area contributed by atoms with Gasteiger partial charge >= 0.3 is 0 Å². The molecule has 1 aromatic rings. The second kappa shape index (κ2) is 5.69. The fraction of sp³-hybridized carbons (Fsp3) is 0.571. The third kappa shape index (κ3) is 3.30. The van der Waals surface area contributed by atoms with Crippen molar-refractivity contribution in [1.29, 1.82) is 0 Å². The topological polar surface area (TPSA) is 72.2 Å². The maximum atomic E-state index is 13.6. The van der Waals surface area contributed by atoms with Gasteiger partial charge < -0.3 is 5.73 Å². The number of benzene rings is 1. The number of sulfonamides is 1. The summed E-state index contributed by atoms with van der Waals surface area (Å²) in [5.41, 5.74) is 6.07. The maximum absolute atomic E-state index is 13.6. The Morgan fingerprint density at radius 2 is 2.05 bits per heavy atom. The SMILES string of the molecule is Cc1c(N)cc(S(=O)(=O)NC2CCCC(C)C2)cc1F. The molecule has 1 aliphatic rings. The molecule has 1 saturated carbocycles. The Labute approximate surface area is 119 Å². The molecule has 0 radical (unpaired) electrons. The summed E-state index contributed by atoms with van der Waals surface area (Å²) in [4.78, 5) is -0.101. The molecule has 0 saturated heterocycles. The van der Waals surface area contributed by atoms with Crippen molar-refractivity contribution in [2.45, 2.75) is 50.5 Å². The van der Waals surface area contributed by atoms with E-state index in [-0.39, 0.29) is 22.2 Å². The number of nitrogen functional groups attached to an aromatic ring is 1. The number of hydrogen-bond donors (Lipinski definition) is 2. The van der Waals surface area contributed by atoms with Crippen LogP contribution in [0.15, 0.2) is 17.0 Å². The van der Waals surface area contributed by atoms with Gasteiger partial charge in [0.2, 0.25) is 10.0 Å². The van der Waals surface area contributed by atoms with E-state index in [1.807, 2.05) is 0 Å². The van der Waals surface area contributed by atoms with Crippen molar-refractivity contribution in [3.8, 4) is 0 Å². The Bertz CT molecular complexity index is 578. The van der Waals surface area contributed by atoms with Gasteiger partial charge in [0.25, 0.3) is 0 Å². The van der Waals surface area contributed by atoms with Crippen LogP contribution in [0.25, 0.3) is 0 Å². The van der Waals surface area contributed by atoms with Gasteiger partial charge in [0.05, 0.1) is 4.90 Å². The average molecular weight is 300 g/mol. The smallest absolute Gasteiger partial charge is 0.240 e. The fourth-order valence-corrected chi connectivity index (χ4v) is 3.99. The largest absolute Gasteiger partial charge is 0.398 e. The minimum absolute atomic E-state index is 0.0747. The monoisotopic (exact) mass is 300 g/mol. The van der Waals surface area contributed by atoms with E-state index >= 15 is 0 Å². The summed E-state index contributed by atoms with van der Waals surface area (Å²) in [6, 6.07) is 2.27. The maximum Gasteiger partial charge on any atom is 0.240 e. The van der Waals surface area contributed by atoms with E-state index in [0.29, 0.717) is 5.92 Å². The molecule has 4 nitrogen and oxygen atoms in total. The number of nitrogens with one attached hydrogen (secondary N) is 1. The molecule has 2 rings (SSSR count). The molecular weight excluding hydrogens is 279 g/mol. The summed E-state index contributed by atoms with van der Waals surface area (Å²) in [6.07, 6.45) is 3.79. The van der Waals surface area contributed by atoms with E-state index in [0.717, 1.165) is 31.7 Å². The van der Waals surface area contributed by atoms with Gasteiger partial charge in [-0.2, -0.15) is 0 Å². The van der Waals surface area contributed by atoms with E-state index in [4.69, 9.17) is 5.73 Å². The lowest BCUT2D eigenvalue weighted by Gasteiger charge is -2.27. The molecule has 0 spiro atoms.